The Morgan fingerprint density at radius 1 is 1.13 bits per heavy atom. The number of aliphatic hydroxyl groups is 1. The molecule has 0 saturated heterocycles. The van der Waals surface area contributed by atoms with Gasteiger partial charge < -0.3 is 14.4 Å². The van der Waals surface area contributed by atoms with Crippen LogP contribution in [-0.4, -0.2) is 21.8 Å². The topological polar surface area (TPSA) is 47.3 Å². The van der Waals surface area contributed by atoms with Crippen LogP contribution in [-0.2, 0) is 6.54 Å². The van der Waals surface area contributed by atoms with Gasteiger partial charge >= 0.3 is 0 Å². The van der Waals surface area contributed by atoms with E-state index < -0.39 is 6.10 Å². The molecule has 0 spiro atoms. The highest BCUT2D eigenvalue weighted by molar-refractivity contribution is 5.72. The summed E-state index contributed by atoms with van der Waals surface area (Å²) >= 11 is 0. The number of fused-ring (bicyclic) bond motifs is 2. The van der Waals surface area contributed by atoms with Crippen molar-refractivity contribution in [1.29, 1.82) is 0 Å². The maximum atomic E-state index is 11.4. The summed E-state index contributed by atoms with van der Waals surface area (Å²) in [5, 5.41) is 11.4. The lowest BCUT2D eigenvalue weighted by atomic mass is 9.60. The summed E-state index contributed by atoms with van der Waals surface area (Å²) in [6.07, 6.45) is 7.02. The van der Waals surface area contributed by atoms with E-state index in [0.29, 0.717) is 0 Å². The van der Waals surface area contributed by atoms with Gasteiger partial charge in [0.15, 0.2) is 0 Å². The number of allylic oxidation sites excluding steroid dienone is 1. The SMILES string of the molecule is COc1ccc([C@H](O)[C@H]2CCCC3=Cc4c(-c5ccccc5)ncn4C[C@@]32C)cc1. The van der Waals surface area contributed by atoms with Crippen LogP contribution in [0.4, 0.5) is 0 Å². The van der Waals surface area contributed by atoms with Crippen molar-refractivity contribution in [2.45, 2.75) is 38.8 Å². The Kier molecular flexibility index (Phi) is 4.75. The van der Waals surface area contributed by atoms with Gasteiger partial charge in [-0.05, 0) is 49.0 Å². The number of nitrogens with zero attached hydrogens (tertiary/aromatic N) is 2. The lowest BCUT2D eigenvalue weighted by Crippen LogP contribution is -2.42. The highest BCUT2D eigenvalue weighted by Gasteiger charge is 2.46. The number of methoxy groups -OCH3 is 1. The molecule has 4 heteroatoms. The molecule has 1 aliphatic heterocycles. The van der Waals surface area contributed by atoms with Gasteiger partial charge in [-0.1, -0.05) is 55.0 Å². The van der Waals surface area contributed by atoms with Gasteiger partial charge in [-0.3, -0.25) is 0 Å². The minimum Gasteiger partial charge on any atom is -0.497 e. The quantitative estimate of drug-likeness (QED) is 0.629. The van der Waals surface area contributed by atoms with Crippen molar-refractivity contribution >= 4 is 6.08 Å². The molecule has 154 valence electrons. The van der Waals surface area contributed by atoms with E-state index in [9.17, 15) is 5.11 Å². The second-order valence-corrected chi connectivity index (χ2v) is 8.78. The van der Waals surface area contributed by atoms with Gasteiger partial charge in [0.1, 0.15) is 5.75 Å². The zero-order valence-electron chi connectivity index (χ0n) is 17.6. The number of ether oxygens (including phenoxy) is 1. The lowest BCUT2D eigenvalue weighted by molar-refractivity contribution is 0.0123. The van der Waals surface area contributed by atoms with Gasteiger partial charge in [-0.25, -0.2) is 4.98 Å². The Bertz CT molecular complexity index is 1070. The third-order valence-electron chi connectivity index (χ3n) is 7.09. The van der Waals surface area contributed by atoms with Crippen molar-refractivity contribution in [3.8, 4) is 17.0 Å². The van der Waals surface area contributed by atoms with Crippen LogP contribution in [0, 0.1) is 11.3 Å². The Labute approximate surface area is 177 Å². The molecule has 1 aromatic heterocycles. The number of hydrogen-bond acceptors (Lipinski definition) is 3. The van der Waals surface area contributed by atoms with Gasteiger partial charge in [0.25, 0.3) is 0 Å². The predicted octanol–water partition coefficient (Wildman–Crippen LogP) is 5.50. The molecule has 0 radical (unpaired) electrons. The molecule has 1 saturated carbocycles. The first kappa shape index (κ1) is 19.1. The van der Waals surface area contributed by atoms with E-state index in [1.165, 1.54) is 11.3 Å². The predicted molar refractivity (Wildman–Crippen MR) is 119 cm³/mol. The Morgan fingerprint density at radius 3 is 2.63 bits per heavy atom. The molecule has 3 aromatic rings. The molecule has 0 bridgehead atoms. The molecule has 1 fully saturated rings. The first-order valence-electron chi connectivity index (χ1n) is 10.7. The fraction of sp³-hybridized carbons (Fsp3) is 0.346. The second-order valence-electron chi connectivity index (χ2n) is 8.78. The lowest BCUT2D eigenvalue weighted by Gasteiger charge is -2.48. The van der Waals surface area contributed by atoms with E-state index in [-0.39, 0.29) is 11.3 Å². The minimum absolute atomic E-state index is 0.0841. The zero-order valence-corrected chi connectivity index (χ0v) is 17.6. The van der Waals surface area contributed by atoms with Crippen molar-refractivity contribution in [2.24, 2.45) is 11.3 Å². The summed E-state index contributed by atoms with van der Waals surface area (Å²) in [5.41, 5.74) is 5.70. The Morgan fingerprint density at radius 2 is 1.90 bits per heavy atom. The number of aromatic nitrogens is 2. The summed E-state index contributed by atoms with van der Waals surface area (Å²) in [7, 11) is 1.67. The summed E-state index contributed by atoms with van der Waals surface area (Å²) in [5.74, 6) is 0.983. The molecule has 5 rings (SSSR count). The van der Waals surface area contributed by atoms with Crippen LogP contribution in [0.2, 0.25) is 0 Å². The maximum Gasteiger partial charge on any atom is 0.118 e. The first-order chi connectivity index (χ1) is 14.6. The van der Waals surface area contributed by atoms with Crippen LogP contribution in [0.1, 0.15) is 43.5 Å². The highest BCUT2D eigenvalue weighted by atomic mass is 16.5. The van der Waals surface area contributed by atoms with Crippen LogP contribution in [0.5, 0.6) is 5.75 Å². The number of imidazole rings is 1. The average Bonchev–Trinajstić information content (AvgIpc) is 3.19. The molecule has 1 N–H and O–H groups in total. The van der Waals surface area contributed by atoms with E-state index in [4.69, 9.17) is 9.72 Å². The standard InChI is InChI=1S/C26H28N2O2/c1-26-16-28-17-27-24(18-7-4-3-5-8-18)23(28)15-20(26)9-6-10-22(26)25(29)19-11-13-21(30-2)14-12-19/h3-5,7-8,11-15,17,22,25,29H,6,9-10,16H2,1-2H3/t22-,25+,26+/m1/s1. The molecule has 4 nitrogen and oxygen atoms in total. The van der Waals surface area contributed by atoms with Gasteiger partial charge in [0, 0.05) is 17.5 Å². The van der Waals surface area contributed by atoms with Crippen molar-refractivity contribution in [3.05, 3.63) is 77.8 Å². The monoisotopic (exact) mass is 400 g/mol. The van der Waals surface area contributed by atoms with E-state index in [0.717, 1.165) is 48.4 Å². The molecule has 0 amide bonds. The third-order valence-corrected chi connectivity index (χ3v) is 7.09. The van der Waals surface area contributed by atoms with Crippen molar-refractivity contribution < 1.29 is 9.84 Å². The first-order valence-corrected chi connectivity index (χ1v) is 10.7. The Hall–Kier alpha value is -2.85. The van der Waals surface area contributed by atoms with E-state index in [1.807, 2.05) is 36.7 Å². The largest absolute Gasteiger partial charge is 0.497 e. The minimum atomic E-state index is -0.497. The van der Waals surface area contributed by atoms with Crippen LogP contribution >= 0.6 is 0 Å². The van der Waals surface area contributed by atoms with Gasteiger partial charge in [0.2, 0.25) is 0 Å². The Balaban J connectivity index is 1.50. The summed E-state index contributed by atoms with van der Waals surface area (Å²) < 4.78 is 7.55. The van der Waals surface area contributed by atoms with Gasteiger partial charge in [-0.15, -0.1) is 0 Å². The van der Waals surface area contributed by atoms with Crippen LogP contribution in [0.15, 0.2) is 66.5 Å². The second kappa shape index (κ2) is 7.44. The van der Waals surface area contributed by atoms with Gasteiger partial charge in [-0.2, -0.15) is 0 Å². The maximum absolute atomic E-state index is 11.4. The summed E-state index contributed by atoms with van der Waals surface area (Å²) in [6.45, 7) is 3.17. The molecule has 2 aromatic carbocycles. The van der Waals surface area contributed by atoms with E-state index in [2.05, 4.69) is 41.8 Å². The van der Waals surface area contributed by atoms with Crippen LogP contribution in [0.25, 0.3) is 17.3 Å². The zero-order chi connectivity index (χ0) is 20.7. The number of rotatable bonds is 4. The molecule has 2 heterocycles. The van der Waals surface area contributed by atoms with Gasteiger partial charge in [0.05, 0.1) is 30.9 Å². The van der Waals surface area contributed by atoms with E-state index in [1.54, 1.807) is 7.11 Å². The van der Waals surface area contributed by atoms with Crippen molar-refractivity contribution in [1.82, 2.24) is 9.55 Å². The van der Waals surface area contributed by atoms with E-state index >= 15 is 0 Å². The fourth-order valence-corrected chi connectivity index (χ4v) is 5.36. The summed E-state index contributed by atoms with van der Waals surface area (Å²) in [6, 6.07) is 18.2. The number of hydrogen-bond donors (Lipinski definition) is 1. The third kappa shape index (κ3) is 3.07. The molecular formula is C26H28N2O2. The number of aliphatic hydroxyl groups excluding tert-OH is 1. The smallest absolute Gasteiger partial charge is 0.118 e. The van der Waals surface area contributed by atoms with Crippen molar-refractivity contribution in [3.63, 3.8) is 0 Å². The summed E-state index contributed by atoms with van der Waals surface area (Å²) in [4.78, 5) is 4.75. The van der Waals surface area contributed by atoms with Crippen LogP contribution in [0.3, 0.4) is 0 Å². The molecular weight excluding hydrogens is 372 g/mol. The highest BCUT2D eigenvalue weighted by Crippen LogP contribution is 2.54. The normalized spacial score (nSPS) is 23.8. The molecule has 1 aliphatic carbocycles. The fourth-order valence-electron chi connectivity index (χ4n) is 5.36. The van der Waals surface area contributed by atoms with Crippen molar-refractivity contribution in [2.75, 3.05) is 7.11 Å². The van der Waals surface area contributed by atoms with Crippen LogP contribution < -0.4 is 4.74 Å². The average molecular weight is 401 g/mol. The number of benzene rings is 2. The molecule has 0 unspecified atom stereocenters. The molecule has 2 aliphatic rings. The molecule has 3 atom stereocenters. The molecule has 30 heavy (non-hydrogen) atoms.